The van der Waals surface area contributed by atoms with Crippen LogP contribution < -0.4 is 10.2 Å². The Morgan fingerprint density at radius 3 is 2.47 bits per heavy atom. The molecule has 0 radical (unpaired) electrons. The minimum Gasteiger partial charge on any atom is -0.362 e. The van der Waals surface area contributed by atoms with Crippen LogP contribution in [0.25, 0.3) is 10.9 Å². The fraction of sp³-hybridized carbons (Fsp3) is 0.640. The molecule has 3 rings (SSSR count). The molecule has 1 aromatic heterocycles. The molecule has 1 heterocycles. The van der Waals surface area contributed by atoms with Crippen molar-refractivity contribution in [3.8, 4) is 0 Å². The minimum atomic E-state index is 0.257. The summed E-state index contributed by atoms with van der Waals surface area (Å²) >= 11 is 0. The predicted octanol–water partition coefficient (Wildman–Crippen LogP) is 5.51. The van der Waals surface area contributed by atoms with Gasteiger partial charge in [0.25, 0.3) is 0 Å². The second kappa shape index (κ2) is 12.5. The van der Waals surface area contributed by atoms with Crippen molar-refractivity contribution in [1.29, 1.82) is 0 Å². The molecule has 1 N–H and O–H groups in total. The summed E-state index contributed by atoms with van der Waals surface area (Å²) in [7, 11) is 3.99. The normalized spacial score (nSPS) is 18.4. The summed E-state index contributed by atoms with van der Waals surface area (Å²) in [5.41, 5.74) is 1.00. The highest BCUT2D eigenvalue weighted by Gasteiger charge is 2.18. The third-order valence-electron chi connectivity index (χ3n) is 5.85. The fourth-order valence-electron chi connectivity index (χ4n) is 3.93. The van der Waals surface area contributed by atoms with Crippen molar-refractivity contribution >= 4 is 22.6 Å². The van der Waals surface area contributed by atoms with Crippen LogP contribution in [-0.4, -0.2) is 36.5 Å². The molecule has 5 nitrogen and oxygen atoms in total. The van der Waals surface area contributed by atoms with Crippen LogP contribution in [0.1, 0.15) is 71.0 Å². The molecule has 1 amide bonds. The van der Waals surface area contributed by atoms with Crippen LogP contribution in [0.4, 0.5) is 5.82 Å². The Bertz CT molecular complexity index is 782. The van der Waals surface area contributed by atoms with Crippen LogP contribution in [0, 0.1) is 18.8 Å². The average Bonchev–Trinajstić information content (AvgIpc) is 2.73. The van der Waals surface area contributed by atoms with Gasteiger partial charge in [-0.2, -0.15) is 0 Å². The van der Waals surface area contributed by atoms with E-state index in [-0.39, 0.29) is 5.91 Å². The van der Waals surface area contributed by atoms with E-state index in [9.17, 15) is 4.79 Å². The molecule has 0 atom stereocenters. The molecule has 5 heteroatoms. The Labute approximate surface area is 182 Å². The monoisotopic (exact) mass is 412 g/mol. The Hall–Kier alpha value is -2.17. The van der Waals surface area contributed by atoms with E-state index in [1.165, 1.54) is 38.5 Å². The van der Waals surface area contributed by atoms with E-state index in [0.717, 1.165) is 53.8 Å². The van der Waals surface area contributed by atoms with E-state index in [0.29, 0.717) is 0 Å². The summed E-state index contributed by atoms with van der Waals surface area (Å²) in [5, 5.41) is 4.19. The number of aryl methyl sites for hydroxylation is 1. The molecule has 1 aliphatic rings. The van der Waals surface area contributed by atoms with Crippen LogP contribution in [0.15, 0.2) is 24.3 Å². The SMILES string of the molecule is CCCCCC(=O)NCC1CCC(C)CC1.Cc1nc(N(C)C)c2ccccc2n1. The van der Waals surface area contributed by atoms with Gasteiger partial charge in [-0.25, -0.2) is 9.97 Å². The second-order valence-corrected chi connectivity index (χ2v) is 8.89. The first-order valence-corrected chi connectivity index (χ1v) is 11.6. The van der Waals surface area contributed by atoms with E-state index < -0.39 is 0 Å². The molecule has 1 aliphatic carbocycles. The van der Waals surface area contributed by atoms with Gasteiger partial charge in [0.1, 0.15) is 11.6 Å². The highest BCUT2D eigenvalue weighted by Crippen LogP contribution is 2.27. The van der Waals surface area contributed by atoms with E-state index in [4.69, 9.17) is 0 Å². The van der Waals surface area contributed by atoms with Crippen LogP contribution in [0.3, 0.4) is 0 Å². The number of hydrogen-bond donors (Lipinski definition) is 1. The number of para-hydroxylation sites is 1. The van der Waals surface area contributed by atoms with E-state index in [1.807, 2.05) is 50.2 Å². The van der Waals surface area contributed by atoms with Crippen LogP contribution in [0.5, 0.6) is 0 Å². The number of nitrogens with one attached hydrogen (secondary N) is 1. The molecule has 1 fully saturated rings. The smallest absolute Gasteiger partial charge is 0.220 e. The first kappa shape index (κ1) is 24.1. The highest BCUT2D eigenvalue weighted by molar-refractivity contribution is 5.89. The largest absolute Gasteiger partial charge is 0.362 e. The quantitative estimate of drug-likeness (QED) is 0.609. The molecule has 0 bridgehead atoms. The van der Waals surface area contributed by atoms with Gasteiger partial charge in [0.15, 0.2) is 0 Å². The van der Waals surface area contributed by atoms with Crippen molar-refractivity contribution in [3.63, 3.8) is 0 Å². The highest BCUT2D eigenvalue weighted by atomic mass is 16.1. The lowest BCUT2D eigenvalue weighted by atomic mass is 9.83. The van der Waals surface area contributed by atoms with Gasteiger partial charge in [-0.15, -0.1) is 0 Å². The van der Waals surface area contributed by atoms with Crippen molar-refractivity contribution in [2.75, 3.05) is 25.5 Å². The van der Waals surface area contributed by atoms with E-state index in [1.54, 1.807) is 0 Å². The second-order valence-electron chi connectivity index (χ2n) is 8.89. The van der Waals surface area contributed by atoms with Crippen molar-refractivity contribution < 1.29 is 4.79 Å². The lowest BCUT2D eigenvalue weighted by molar-refractivity contribution is -0.121. The van der Waals surface area contributed by atoms with Gasteiger partial charge < -0.3 is 10.2 Å². The number of carbonyl (C=O) groups excluding carboxylic acids is 1. The fourth-order valence-corrected chi connectivity index (χ4v) is 3.93. The number of anilines is 1. The summed E-state index contributed by atoms with van der Waals surface area (Å²) in [4.78, 5) is 22.3. The average molecular weight is 413 g/mol. The summed E-state index contributed by atoms with van der Waals surface area (Å²) in [6, 6.07) is 8.06. The first-order valence-electron chi connectivity index (χ1n) is 11.6. The number of hydrogen-bond acceptors (Lipinski definition) is 4. The lowest BCUT2D eigenvalue weighted by Crippen LogP contribution is -2.30. The van der Waals surface area contributed by atoms with Crippen LogP contribution >= 0.6 is 0 Å². The molecule has 1 aromatic carbocycles. The molecule has 0 aliphatic heterocycles. The van der Waals surface area contributed by atoms with Gasteiger partial charge in [0.05, 0.1) is 5.52 Å². The first-order chi connectivity index (χ1) is 14.4. The van der Waals surface area contributed by atoms with Gasteiger partial charge in [-0.1, -0.05) is 51.7 Å². The minimum absolute atomic E-state index is 0.257. The van der Waals surface area contributed by atoms with Crippen molar-refractivity contribution in [2.45, 2.75) is 72.1 Å². The van der Waals surface area contributed by atoms with Gasteiger partial charge in [-0.05, 0) is 50.2 Å². The summed E-state index contributed by atoms with van der Waals surface area (Å²) in [6.07, 6.45) is 9.42. The summed E-state index contributed by atoms with van der Waals surface area (Å²) < 4.78 is 0. The van der Waals surface area contributed by atoms with Gasteiger partial charge in [0.2, 0.25) is 5.91 Å². The molecular weight excluding hydrogens is 372 g/mol. The maximum atomic E-state index is 11.5. The van der Waals surface area contributed by atoms with Crippen molar-refractivity contribution in [1.82, 2.24) is 15.3 Å². The standard InChI is InChI=1S/C14H27NO.C11H13N3/c1-3-4-5-6-14(16)15-11-13-9-7-12(2)8-10-13;1-8-12-10-7-5-4-6-9(10)11(13-8)14(2)3/h12-13H,3-11H2,1-2H3,(H,15,16);4-7H,1-3H3. The zero-order valence-electron chi connectivity index (χ0n) is 19.6. The Balaban J connectivity index is 0.000000215. The topological polar surface area (TPSA) is 58.1 Å². The maximum Gasteiger partial charge on any atom is 0.220 e. The van der Waals surface area contributed by atoms with Crippen molar-refractivity contribution in [2.24, 2.45) is 11.8 Å². The molecular formula is C25H40N4O. The Kier molecular flexibility index (Phi) is 10.0. The van der Waals surface area contributed by atoms with E-state index in [2.05, 4.69) is 29.1 Å². The number of amides is 1. The number of carbonyl (C=O) groups is 1. The van der Waals surface area contributed by atoms with E-state index >= 15 is 0 Å². The zero-order chi connectivity index (χ0) is 21.9. The van der Waals surface area contributed by atoms with Gasteiger partial charge in [0, 0.05) is 32.4 Å². The predicted molar refractivity (Wildman–Crippen MR) is 127 cm³/mol. The zero-order valence-corrected chi connectivity index (χ0v) is 19.6. The Morgan fingerprint density at radius 1 is 1.10 bits per heavy atom. The number of aromatic nitrogens is 2. The number of nitrogens with zero attached hydrogens (tertiary/aromatic N) is 3. The van der Waals surface area contributed by atoms with Gasteiger partial charge in [-0.3, -0.25) is 4.79 Å². The van der Waals surface area contributed by atoms with Crippen molar-refractivity contribution in [3.05, 3.63) is 30.1 Å². The molecule has 0 unspecified atom stereocenters. The Morgan fingerprint density at radius 2 is 1.80 bits per heavy atom. The molecule has 1 saturated carbocycles. The molecule has 0 spiro atoms. The van der Waals surface area contributed by atoms with Crippen LogP contribution in [-0.2, 0) is 4.79 Å². The summed E-state index contributed by atoms with van der Waals surface area (Å²) in [6.45, 7) is 7.33. The van der Waals surface area contributed by atoms with Gasteiger partial charge >= 0.3 is 0 Å². The van der Waals surface area contributed by atoms with Crippen LogP contribution in [0.2, 0.25) is 0 Å². The lowest BCUT2D eigenvalue weighted by Gasteiger charge is -2.26. The third kappa shape index (κ3) is 7.92. The summed E-state index contributed by atoms with van der Waals surface area (Å²) in [5.74, 6) is 3.69. The third-order valence-corrected chi connectivity index (χ3v) is 5.85. The number of benzene rings is 1. The molecule has 0 saturated heterocycles. The number of fused-ring (bicyclic) bond motifs is 1. The number of rotatable bonds is 7. The molecule has 166 valence electrons. The molecule has 2 aromatic rings. The number of unbranched alkanes of at least 4 members (excludes halogenated alkanes) is 2. The molecule has 30 heavy (non-hydrogen) atoms. The maximum absolute atomic E-state index is 11.5.